The molecule has 2 atom stereocenters. The van der Waals surface area contributed by atoms with Crippen LogP contribution in [0, 0.1) is 0 Å². The molecule has 0 saturated carbocycles. The van der Waals surface area contributed by atoms with Gasteiger partial charge in [-0.25, -0.2) is 10.9 Å². The first-order chi connectivity index (χ1) is 11.7. The van der Waals surface area contributed by atoms with Crippen molar-refractivity contribution in [3.05, 3.63) is 64.7 Å². The van der Waals surface area contributed by atoms with Crippen molar-refractivity contribution in [1.82, 2.24) is 16.2 Å². The number of halogens is 1. The second kappa shape index (κ2) is 7.66. The van der Waals surface area contributed by atoms with Crippen molar-refractivity contribution >= 4 is 17.5 Å². The van der Waals surface area contributed by atoms with Gasteiger partial charge in [-0.15, -0.1) is 0 Å². The summed E-state index contributed by atoms with van der Waals surface area (Å²) in [6.45, 7) is 0.484. The molecule has 0 radical (unpaired) electrons. The van der Waals surface area contributed by atoms with Gasteiger partial charge in [-0.05, 0) is 41.8 Å². The topological polar surface area (TPSA) is 62.4 Å². The lowest BCUT2D eigenvalue weighted by atomic mass is 10.0. The summed E-state index contributed by atoms with van der Waals surface area (Å²) < 4.78 is 5.25. The Morgan fingerprint density at radius 2 is 2.04 bits per heavy atom. The van der Waals surface area contributed by atoms with E-state index >= 15 is 0 Å². The molecule has 2 aromatic rings. The number of ether oxygens (including phenoxy) is 1. The minimum atomic E-state index is -0.270. The van der Waals surface area contributed by atoms with E-state index in [0.717, 1.165) is 16.9 Å². The third-order valence-corrected chi connectivity index (χ3v) is 4.35. The highest BCUT2D eigenvalue weighted by molar-refractivity contribution is 6.30. The number of rotatable bonds is 5. The first-order valence-corrected chi connectivity index (χ1v) is 8.20. The van der Waals surface area contributed by atoms with Gasteiger partial charge >= 0.3 is 0 Å². The average molecular weight is 346 g/mol. The van der Waals surface area contributed by atoms with Crippen LogP contribution in [0.25, 0.3) is 0 Å². The van der Waals surface area contributed by atoms with E-state index in [1.807, 2.05) is 48.5 Å². The molecule has 1 amide bonds. The van der Waals surface area contributed by atoms with Gasteiger partial charge < -0.3 is 10.1 Å². The first kappa shape index (κ1) is 16.8. The molecule has 0 bridgehead atoms. The Labute approximate surface area is 146 Å². The molecule has 5 nitrogen and oxygen atoms in total. The van der Waals surface area contributed by atoms with Gasteiger partial charge in [0.2, 0.25) is 5.91 Å². The Bertz CT molecular complexity index is 706. The third-order valence-electron chi connectivity index (χ3n) is 4.10. The monoisotopic (exact) mass is 345 g/mol. The van der Waals surface area contributed by atoms with Crippen LogP contribution in [0.4, 0.5) is 0 Å². The summed E-state index contributed by atoms with van der Waals surface area (Å²) in [6.07, 6.45) is 0.680. The van der Waals surface area contributed by atoms with E-state index in [-0.39, 0.29) is 18.0 Å². The number of carbonyl (C=O) groups excluding carboxylic acids is 1. The summed E-state index contributed by atoms with van der Waals surface area (Å²) in [5, 5.41) is 3.63. The summed E-state index contributed by atoms with van der Waals surface area (Å²) in [5.41, 5.74) is 8.35. The van der Waals surface area contributed by atoms with Crippen LogP contribution in [-0.2, 0) is 11.3 Å². The zero-order chi connectivity index (χ0) is 16.9. The van der Waals surface area contributed by atoms with E-state index in [0.29, 0.717) is 18.0 Å². The lowest BCUT2D eigenvalue weighted by Gasteiger charge is -2.11. The van der Waals surface area contributed by atoms with Gasteiger partial charge in [-0.3, -0.25) is 4.79 Å². The van der Waals surface area contributed by atoms with Crippen molar-refractivity contribution in [3.63, 3.8) is 0 Å². The Balaban J connectivity index is 1.54. The van der Waals surface area contributed by atoms with Crippen molar-refractivity contribution in [2.24, 2.45) is 0 Å². The number of hydrogen-bond acceptors (Lipinski definition) is 4. The average Bonchev–Trinajstić information content (AvgIpc) is 3.11. The number of carbonyl (C=O) groups is 1. The van der Waals surface area contributed by atoms with Gasteiger partial charge in [0.1, 0.15) is 11.8 Å². The van der Waals surface area contributed by atoms with E-state index in [9.17, 15) is 4.79 Å². The molecule has 1 heterocycles. The molecule has 2 aromatic carbocycles. The maximum atomic E-state index is 12.3. The normalized spacial score (nSPS) is 19.9. The van der Waals surface area contributed by atoms with E-state index < -0.39 is 0 Å². The number of benzene rings is 2. The molecule has 2 unspecified atom stereocenters. The molecule has 3 rings (SSSR count). The zero-order valence-corrected chi connectivity index (χ0v) is 14.1. The molecule has 0 aromatic heterocycles. The Hall–Kier alpha value is -2.08. The predicted molar refractivity (Wildman–Crippen MR) is 93.7 cm³/mol. The maximum Gasteiger partial charge on any atom is 0.238 e. The van der Waals surface area contributed by atoms with Crippen LogP contribution in [-0.4, -0.2) is 19.1 Å². The van der Waals surface area contributed by atoms with Crippen molar-refractivity contribution in [2.75, 3.05) is 7.11 Å². The van der Waals surface area contributed by atoms with Crippen molar-refractivity contribution in [1.29, 1.82) is 0 Å². The number of amides is 1. The van der Waals surface area contributed by atoms with Crippen LogP contribution in [0.2, 0.25) is 5.02 Å². The van der Waals surface area contributed by atoms with E-state index in [2.05, 4.69) is 16.2 Å². The molecule has 24 heavy (non-hydrogen) atoms. The zero-order valence-electron chi connectivity index (χ0n) is 13.4. The molecule has 1 aliphatic heterocycles. The summed E-state index contributed by atoms with van der Waals surface area (Å²) in [6, 6.07) is 15.1. The van der Waals surface area contributed by atoms with Crippen LogP contribution in [0.15, 0.2) is 48.5 Å². The number of methoxy groups -OCH3 is 1. The molecular weight excluding hydrogens is 326 g/mol. The Morgan fingerprint density at radius 1 is 1.25 bits per heavy atom. The van der Waals surface area contributed by atoms with Gasteiger partial charge in [0.05, 0.1) is 7.11 Å². The summed E-state index contributed by atoms with van der Waals surface area (Å²) in [7, 11) is 1.65. The minimum Gasteiger partial charge on any atom is -0.497 e. The number of nitrogens with one attached hydrogen (secondary N) is 3. The summed E-state index contributed by atoms with van der Waals surface area (Å²) in [5.74, 6) is 0.785. The van der Waals surface area contributed by atoms with Crippen LogP contribution in [0.3, 0.4) is 0 Å². The Morgan fingerprint density at radius 3 is 2.79 bits per heavy atom. The molecule has 0 spiro atoms. The quantitative estimate of drug-likeness (QED) is 0.779. The summed E-state index contributed by atoms with van der Waals surface area (Å²) >= 11 is 5.86. The smallest absolute Gasteiger partial charge is 0.238 e. The maximum absolute atomic E-state index is 12.3. The molecule has 0 aliphatic carbocycles. The second-order valence-electron chi connectivity index (χ2n) is 5.75. The predicted octanol–water partition coefficient (Wildman–Crippen LogP) is 2.57. The van der Waals surface area contributed by atoms with Gasteiger partial charge in [-0.2, -0.15) is 0 Å². The highest BCUT2D eigenvalue weighted by Crippen LogP contribution is 2.25. The first-order valence-electron chi connectivity index (χ1n) is 7.83. The molecule has 126 valence electrons. The van der Waals surface area contributed by atoms with E-state index in [1.54, 1.807) is 7.11 Å². The molecule has 6 heteroatoms. The molecule has 1 saturated heterocycles. The fourth-order valence-corrected chi connectivity index (χ4v) is 2.85. The van der Waals surface area contributed by atoms with Gasteiger partial charge in [-0.1, -0.05) is 35.9 Å². The molecule has 1 fully saturated rings. The van der Waals surface area contributed by atoms with Gasteiger partial charge in [0.25, 0.3) is 0 Å². The van der Waals surface area contributed by atoms with Crippen LogP contribution in [0.1, 0.15) is 23.6 Å². The van der Waals surface area contributed by atoms with E-state index in [1.165, 1.54) is 0 Å². The fraction of sp³-hybridized carbons (Fsp3) is 0.278. The van der Waals surface area contributed by atoms with Crippen molar-refractivity contribution in [3.8, 4) is 5.75 Å². The van der Waals surface area contributed by atoms with Crippen LogP contribution in [0.5, 0.6) is 5.75 Å². The lowest BCUT2D eigenvalue weighted by Crippen LogP contribution is -2.42. The second-order valence-corrected chi connectivity index (χ2v) is 6.19. The lowest BCUT2D eigenvalue weighted by molar-refractivity contribution is -0.123. The van der Waals surface area contributed by atoms with Crippen LogP contribution >= 0.6 is 11.6 Å². The molecular formula is C18H20ClN3O2. The van der Waals surface area contributed by atoms with E-state index in [4.69, 9.17) is 16.3 Å². The van der Waals surface area contributed by atoms with Gasteiger partial charge in [0, 0.05) is 17.6 Å². The largest absolute Gasteiger partial charge is 0.497 e. The summed E-state index contributed by atoms with van der Waals surface area (Å²) in [4.78, 5) is 12.3. The van der Waals surface area contributed by atoms with Crippen molar-refractivity contribution in [2.45, 2.75) is 25.0 Å². The number of hydrazine groups is 1. The van der Waals surface area contributed by atoms with Crippen molar-refractivity contribution < 1.29 is 9.53 Å². The third kappa shape index (κ3) is 4.06. The fourth-order valence-electron chi connectivity index (χ4n) is 2.72. The SMILES string of the molecule is COc1cccc(C2CC(C(=O)NCc3ccc(Cl)cc3)NN2)c1. The molecule has 1 aliphatic rings. The van der Waals surface area contributed by atoms with Gasteiger partial charge in [0.15, 0.2) is 0 Å². The minimum absolute atomic E-state index is 0.0251. The Kier molecular flexibility index (Phi) is 5.35. The highest BCUT2D eigenvalue weighted by atomic mass is 35.5. The number of hydrogen-bond donors (Lipinski definition) is 3. The van der Waals surface area contributed by atoms with Crippen LogP contribution < -0.4 is 20.9 Å². The molecule has 3 N–H and O–H groups in total. The standard InChI is InChI=1S/C18H20ClN3O2/c1-24-15-4-2-3-13(9-15)16-10-17(22-21-16)18(23)20-11-12-5-7-14(19)8-6-12/h2-9,16-17,21-22H,10-11H2,1H3,(H,20,23). The highest BCUT2D eigenvalue weighted by Gasteiger charge is 2.30.